The Hall–Kier alpha value is -2.05. The van der Waals surface area contributed by atoms with E-state index in [2.05, 4.69) is 0 Å². The van der Waals surface area contributed by atoms with Crippen molar-refractivity contribution in [3.63, 3.8) is 0 Å². The average Bonchev–Trinajstić information content (AvgIpc) is 3.27. The SMILES string of the molecule is COC(=O)C1CC12CCN(C(=O)Cc1ccc(C(F)(F)F)cc1)CC2. The number of methoxy groups -OCH3 is 1. The molecule has 1 saturated heterocycles. The van der Waals surface area contributed by atoms with Crippen LogP contribution in [0.15, 0.2) is 24.3 Å². The average molecular weight is 355 g/mol. The largest absolute Gasteiger partial charge is 0.469 e. The fraction of sp³-hybridized carbons (Fsp3) is 0.556. The van der Waals surface area contributed by atoms with Gasteiger partial charge in [-0.2, -0.15) is 13.2 Å². The second-order valence-corrected chi connectivity index (χ2v) is 6.89. The summed E-state index contributed by atoms with van der Waals surface area (Å²) in [5.74, 6) is -0.320. The quantitative estimate of drug-likeness (QED) is 0.783. The van der Waals surface area contributed by atoms with Gasteiger partial charge in [0.25, 0.3) is 0 Å². The van der Waals surface area contributed by atoms with Gasteiger partial charge in [-0.1, -0.05) is 12.1 Å². The molecule has 7 heteroatoms. The highest BCUT2D eigenvalue weighted by atomic mass is 19.4. The summed E-state index contributed by atoms with van der Waals surface area (Å²) in [5.41, 5.74) is -0.165. The molecule has 1 saturated carbocycles. The molecule has 3 rings (SSSR count). The van der Waals surface area contributed by atoms with Gasteiger partial charge in [0, 0.05) is 13.1 Å². The van der Waals surface area contributed by atoms with Crippen LogP contribution < -0.4 is 0 Å². The molecule has 1 aliphatic heterocycles. The molecule has 25 heavy (non-hydrogen) atoms. The van der Waals surface area contributed by atoms with E-state index in [1.54, 1.807) is 4.90 Å². The summed E-state index contributed by atoms with van der Waals surface area (Å²) in [6.07, 6.45) is -1.92. The number of likely N-dealkylation sites (tertiary alicyclic amines) is 1. The number of hydrogen-bond acceptors (Lipinski definition) is 3. The number of nitrogens with zero attached hydrogens (tertiary/aromatic N) is 1. The lowest BCUT2D eigenvalue weighted by Crippen LogP contribution is -2.40. The predicted molar refractivity (Wildman–Crippen MR) is 83.5 cm³/mol. The van der Waals surface area contributed by atoms with E-state index >= 15 is 0 Å². The number of amides is 1. The second kappa shape index (κ2) is 6.35. The third kappa shape index (κ3) is 3.65. The number of hydrogen-bond donors (Lipinski definition) is 0. The summed E-state index contributed by atoms with van der Waals surface area (Å²) in [6, 6.07) is 4.69. The van der Waals surface area contributed by atoms with Crippen LogP contribution in [0.5, 0.6) is 0 Å². The lowest BCUT2D eigenvalue weighted by Gasteiger charge is -2.32. The molecule has 1 spiro atoms. The molecule has 1 amide bonds. The Morgan fingerprint density at radius 2 is 1.80 bits per heavy atom. The Morgan fingerprint density at radius 1 is 1.20 bits per heavy atom. The highest BCUT2D eigenvalue weighted by Gasteiger charge is 2.59. The maximum atomic E-state index is 12.6. The monoisotopic (exact) mass is 355 g/mol. The van der Waals surface area contributed by atoms with E-state index in [9.17, 15) is 22.8 Å². The van der Waals surface area contributed by atoms with Crippen molar-refractivity contribution < 1.29 is 27.5 Å². The van der Waals surface area contributed by atoms with E-state index in [-0.39, 0.29) is 29.6 Å². The Balaban J connectivity index is 1.53. The minimum Gasteiger partial charge on any atom is -0.469 e. The highest BCUT2D eigenvalue weighted by molar-refractivity contribution is 5.79. The molecule has 0 bridgehead atoms. The van der Waals surface area contributed by atoms with Crippen molar-refractivity contribution in [2.75, 3.05) is 20.2 Å². The van der Waals surface area contributed by atoms with Crippen LogP contribution in [0.1, 0.15) is 30.4 Å². The second-order valence-electron chi connectivity index (χ2n) is 6.89. The molecule has 1 aliphatic carbocycles. The molecular weight excluding hydrogens is 335 g/mol. The van der Waals surface area contributed by atoms with Crippen LogP contribution in [0, 0.1) is 11.3 Å². The Morgan fingerprint density at radius 3 is 2.32 bits per heavy atom. The third-order valence-corrected chi connectivity index (χ3v) is 5.42. The number of carbonyl (C=O) groups is 2. The van der Waals surface area contributed by atoms with Crippen molar-refractivity contribution in [2.45, 2.75) is 31.9 Å². The molecule has 1 heterocycles. The smallest absolute Gasteiger partial charge is 0.416 e. The molecule has 2 fully saturated rings. The van der Waals surface area contributed by atoms with E-state index in [4.69, 9.17) is 4.74 Å². The first-order valence-electron chi connectivity index (χ1n) is 8.27. The van der Waals surface area contributed by atoms with Crippen molar-refractivity contribution in [2.24, 2.45) is 11.3 Å². The van der Waals surface area contributed by atoms with Gasteiger partial charge in [0.15, 0.2) is 0 Å². The maximum Gasteiger partial charge on any atom is 0.416 e. The maximum absolute atomic E-state index is 12.6. The van der Waals surface area contributed by atoms with Crippen molar-refractivity contribution in [1.82, 2.24) is 4.90 Å². The molecule has 1 unspecified atom stereocenters. The van der Waals surface area contributed by atoms with Gasteiger partial charge in [-0.05, 0) is 42.4 Å². The topological polar surface area (TPSA) is 46.6 Å². The van der Waals surface area contributed by atoms with E-state index < -0.39 is 11.7 Å². The Kier molecular flexibility index (Phi) is 4.51. The molecule has 1 aromatic carbocycles. The van der Waals surface area contributed by atoms with Gasteiger partial charge in [-0.15, -0.1) is 0 Å². The molecule has 1 atom stereocenters. The summed E-state index contributed by atoms with van der Waals surface area (Å²) in [6.45, 7) is 1.15. The first kappa shape index (κ1) is 17.8. The number of esters is 1. The van der Waals surface area contributed by atoms with Crippen LogP contribution in [0.4, 0.5) is 13.2 Å². The summed E-state index contributed by atoms with van der Waals surface area (Å²) in [5, 5.41) is 0. The Bertz CT molecular complexity index is 661. The zero-order valence-electron chi connectivity index (χ0n) is 13.9. The molecule has 4 nitrogen and oxygen atoms in total. The molecular formula is C18H20F3NO3. The number of benzene rings is 1. The standard InChI is InChI=1S/C18H20F3NO3/c1-25-16(24)14-11-17(14)6-8-22(9-7-17)15(23)10-12-2-4-13(5-3-12)18(19,20)21/h2-5,14H,6-11H2,1H3. The minimum absolute atomic E-state index is 0.0156. The van der Waals surface area contributed by atoms with Crippen LogP contribution >= 0.6 is 0 Å². The van der Waals surface area contributed by atoms with Gasteiger partial charge in [0.2, 0.25) is 5.91 Å². The summed E-state index contributed by atoms with van der Waals surface area (Å²) >= 11 is 0. The molecule has 2 aliphatic rings. The van der Waals surface area contributed by atoms with E-state index in [1.165, 1.54) is 19.2 Å². The molecule has 0 radical (unpaired) electrons. The van der Waals surface area contributed by atoms with Gasteiger partial charge >= 0.3 is 12.1 Å². The molecule has 136 valence electrons. The third-order valence-electron chi connectivity index (χ3n) is 5.42. The van der Waals surface area contributed by atoms with Crippen molar-refractivity contribution in [1.29, 1.82) is 0 Å². The lowest BCUT2D eigenvalue weighted by atomic mass is 9.90. The van der Waals surface area contributed by atoms with Crippen LogP contribution in [-0.2, 0) is 26.9 Å². The van der Waals surface area contributed by atoms with Crippen molar-refractivity contribution >= 4 is 11.9 Å². The summed E-state index contributed by atoms with van der Waals surface area (Å²) < 4.78 is 42.5. The van der Waals surface area contributed by atoms with E-state index in [1.807, 2.05) is 0 Å². The van der Waals surface area contributed by atoms with Crippen LogP contribution in [0.2, 0.25) is 0 Å². The molecule has 1 aromatic rings. The summed E-state index contributed by atoms with van der Waals surface area (Å²) in [7, 11) is 1.39. The van der Waals surface area contributed by atoms with E-state index in [0.29, 0.717) is 18.7 Å². The zero-order chi connectivity index (χ0) is 18.2. The fourth-order valence-electron chi connectivity index (χ4n) is 3.68. The minimum atomic E-state index is -4.37. The highest BCUT2D eigenvalue weighted by Crippen LogP contribution is 2.59. The molecule has 0 N–H and O–H groups in total. The first-order valence-corrected chi connectivity index (χ1v) is 8.27. The zero-order valence-corrected chi connectivity index (χ0v) is 13.9. The van der Waals surface area contributed by atoms with Gasteiger partial charge < -0.3 is 9.64 Å². The number of alkyl halides is 3. The van der Waals surface area contributed by atoms with Crippen molar-refractivity contribution in [3.05, 3.63) is 35.4 Å². The fourth-order valence-corrected chi connectivity index (χ4v) is 3.68. The summed E-state index contributed by atoms with van der Waals surface area (Å²) in [4.78, 5) is 25.7. The number of rotatable bonds is 3. The van der Waals surface area contributed by atoms with Crippen LogP contribution in [-0.4, -0.2) is 37.0 Å². The van der Waals surface area contributed by atoms with Gasteiger partial charge in [-0.3, -0.25) is 9.59 Å². The first-order chi connectivity index (χ1) is 11.7. The lowest BCUT2D eigenvalue weighted by molar-refractivity contribution is -0.143. The number of halogens is 3. The van der Waals surface area contributed by atoms with E-state index in [0.717, 1.165) is 31.4 Å². The van der Waals surface area contributed by atoms with Crippen molar-refractivity contribution in [3.8, 4) is 0 Å². The van der Waals surface area contributed by atoms with Crippen LogP contribution in [0.25, 0.3) is 0 Å². The number of ether oxygens (including phenoxy) is 1. The normalized spacial score (nSPS) is 21.9. The Labute approximate surface area is 143 Å². The van der Waals surface area contributed by atoms with Gasteiger partial charge in [0.05, 0.1) is 25.0 Å². The van der Waals surface area contributed by atoms with Gasteiger partial charge in [0.1, 0.15) is 0 Å². The number of carbonyl (C=O) groups excluding carboxylic acids is 2. The predicted octanol–water partition coefficient (Wildman–Crippen LogP) is 3.05. The molecule has 0 aromatic heterocycles. The number of piperidine rings is 1. The van der Waals surface area contributed by atoms with Crippen LogP contribution in [0.3, 0.4) is 0 Å². The van der Waals surface area contributed by atoms with Gasteiger partial charge in [-0.25, -0.2) is 0 Å².